The lowest BCUT2D eigenvalue weighted by atomic mass is 9.97. The highest BCUT2D eigenvalue weighted by molar-refractivity contribution is 5.99. The minimum Gasteiger partial charge on any atom is -0.493 e. The van der Waals surface area contributed by atoms with Gasteiger partial charge in [0.05, 0.1) is 30.7 Å². The van der Waals surface area contributed by atoms with Crippen molar-refractivity contribution >= 4 is 16.9 Å². The van der Waals surface area contributed by atoms with Gasteiger partial charge in [0.1, 0.15) is 11.4 Å². The second-order valence-electron chi connectivity index (χ2n) is 9.77. The number of nitrogens with zero attached hydrogens (tertiary/aromatic N) is 1. The Labute approximate surface area is 227 Å². The summed E-state index contributed by atoms with van der Waals surface area (Å²) in [4.78, 5) is 29.0. The predicted molar refractivity (Wildman–Crippen MR) is 148 cm³/mol. The number of hydrogen-bond donors (Lipinski definition) is 0. The third-order valence-corrected chi connectivity index (χ3v) is 7.17. The third kappa shape index (κ3) is 5.39. The summed E-state index contributed by atoms with van der Waals surface area (Å²) in [6, 6.07) is 18.4. The van der Waals surface area contributed by atoms with Gasteiger partial charge in [-0.15, -0.1) is 0 Å². The topological polar surface area (TPSA) is 69.0 Å². The standard InChI is InChI=1S/C32H32FNO5/c1-3-4-5-9-18-38-26-14-12-22(19-27(26)37-2)29-28-30(35)24-20-23(33)13-15-25(24)39-31(28)32(36)34(29)17-16-21-10-7-6-8-11-21/h6-8,10-15,19-20,29H,3-5,9,16-18H2,1-2H3. The van der Waals surface area contributed by atoms with E-state index in [-0.39, 0.29) is 28.2 Å². The molecule has 7 heteroatoms. The number of benzene rings is 3. The molecule has 2 heterocycles. The van der Waals surface area contributed by atoms with Crippen molar-refractivity contribution in [1.82, 2.24) is 4.90 Å². The van der Waals surface area contributed by atoms with E-state index in [4.69, 9.17) is 13.9 Å². The summed E-state index contributed by atoms with van der Waals surface area (Å²) in [5.74, 6) is 0.199. The molecular formula is C32H32FNO5. The van der Waals surface area contributed by atoms with Crippen LogP contribution in [0.15, 0.2) is 75.9 Å². The first-order chi connectivity index (χ1) is 19.0. The Morgan fingerprint density at radius 2 is 1.77 bits per heavy atom. The number of rotatable bonds is 11. The summed E-state index contributed by atoms with van der Waals surface area (Å²) >= 11 is 0. The molecule has 0 radical (unpaired) electrons. The van der Waals surface area contributed by atoms with E-state index in [1.165, 1.54) is 12.1 Å². The lowest BCUT2D eigenvalue weighted by Crippen LogP contribution is -2.31. The smallest absolute Gasteiger partial charge is 0.290 e. The molecule has 5 rings (SSSR count). The molecule has 202 valence electrons. The van der Waals surface area contributed by atoms with Crippen molar-refractivity contribution in [3.63, 3.8) is 0 Å². The molecule has 0 aliphatic carbocycles. The molecule has 0 saturated heterocycles. The van der Waals surface area contributed by atoms with Gasteiger partial charge >= 0.3 is 0 Å². The van der Waals surface area contributed by atoms with Gasteiger partial charge in [-0.3, -0.25) is 9.59 Å². The summed E-state index contributed by atoms with van der Waals surface area (Å²) in [6.45, 7) is 3.10. The fraction of sp³-hybridized carbons (Fsp3) is 0.312. The van der Waals surface area contributed by atoms with Gasteiger partial charge in [0, 0.05) is 6.54 Å². The van der Waals surface area contributed by atoms with Gasteiger partial charge < -0.3 is 18.8 Å². The number of unbranched alkanes of at least 4 members (excludes halogenated alkanes) is 3. The fourth-order valence-electron chi connectivity index (χ4n) is 5.15. The molecule has 1 aliphatic heterocycles. The van der Waals surface area contributed by atoms with Crippen LogP contribution in [0.4, 0.5) is 4.39 Å². The number of ether oxygens (including phenoxy) is 2. The zero-order chi connectivity index (χ0) is 27.4. The molecule has 0 spiro atoms. The first-order valence-corrected chi connectivity index (χ1v) is 13.4. The molecule has 6 nitrogen and oxygen atoms in total. The van der Waals surface area contributed by atoms with Gasteiger partial charge in [0.2, 0.25) is 5.76 Å². The number of carbonyl (C=O) groups excluding carboxylic acids is 1. The van der Waals surface area contributed by atoms with E-state index in [0.717, 1.165) is 37.3 Å². The molecule has 1 unspecified atom stereocenters. The molecule has 1 aliphatic rings. The third-order valence-electron chi connectivity index (χ3n) is 7.17. The van der Waals surface area contributed by atoms with Gasteiger partial charge in [-0.1, -0.05) is 62.6 Å². The van der Waals surface area contributed by atoms with Gasteiger partial charge in [0.25, 0.3) is 5.91 Å². The van der Waals surface area contributed by atoms with Gasteiger partial charge in [-0.25, -0.2) is 4.39 Å². The molecule has 0 bridgehead atoms. The van der Waals surface area contributed by atoms with Crippen LogP contribution in [0.3, 0.4) is 0 Å². The van der Waals surface area contributed by atoms with Crippen LogP contribution >= 0.6 is 0 Å². The van der Waals surface area contributed by atoms with E-state index >= 15 is 0 Å². The maximum absolute atomic E-state index is 14.1. The number of carbonyl (C=O) groups is 1. The number of methoxy groups -OCH3 is 1. The van der Waals surface area contributed by atoms with Crippen molar-refractivity contribution in [3.8, 4) is 11.5 Å². The van der Waals surface area contributed by atoms with Crippen LogP contribution in [0.2, 0.25) is 0 Å². The predicted octanol–water partition coefficient (Wildman–Crippen LogP) is 6.69. The minimum absolute atomic E-state index is 0.00705. The molecule has 39 heavy (non-hydrogen) atoms. The zero-order valence-corrected chi connectivity index (χ0v) is 22.2. The van der Waals surface area contributed by atoms with E-state index in [2.05, 4.69) is 6.92 Å². The highest BCUT2D eigenvalue weighted by atomic mass is 19.1. The van der Waals surface area contributed by atoms with Crippen molar-refractivity contribution < 1.29 is 23.1 Å². The van der Waals surface area contributed by atoms with E-state index < -0.39 is 17.3 Å². The first kappa shape index (κ1) is 26.5. The van der Waals surface area contributed by atoms with Gasteiger partial charge in [-0.05, 0) is 54.3 Å². The maximum Gasteiger partial charge on any atom is 0.290 e. The zero-order valence-electron chi connectivity index (χ0n) is 22.2. The number of fused-ring (bicyclic) bond motifs is 2. The van der Waals surface area contributed by atoms with Crippen molar-refractivity contribution in [2.45, 2.75) is 45.1 Å². The Kier molecular flexibility index (Phi) is 7.96. The second kappa shape index (κ2) is 11.7. The summed E-state index contributed by atoms with van der Waals surface area (Å²) in [6.07, 6.45) is 4.94. The van der Waals surface area contributed by atoms with E-state index in [0.29, 0.717) is 36.6 Å². The van der Waals surface area contributed by atoms with E-state index in [9.17, 15) is 14.0 Å². The average molecular weight is 530 g/mol. The molecule has 3 aromatic carbocycles. The van der Waals surface area contributed by atoms with E-state index in [1.54, 1.807) is 18.1 Å². The molecule has 1 atom stereocenters. The monoisotopic (exact) mass is 529 g/mol. The Balaban J connectivity index is 1.54. The number of amides is 1. The highest BCUT2D eigenvalue weighted by Crippen LogP contribution is 2.41. The van der Waals surface area contributed by atoms with Crippen molar-refractivity contribution in [2.24, 2.45) is 0 Å². The largest absolute Gasteiger partial charge is 0.493 e. The molecule has 1 aromatic heterocycles. The normalized spacial score (nSPS) is 14.6. The van der Waals surface area contributed by atoms with Crippen LogP contribution in [-0.4, -0.2) is 31.1 Å². The first-order valence-electron chi connectivity index (χ1n) is 13.4. The Hall–Kier alpha value is -4.13. The van der Waals surface area contributed by atoms with Crippen LogP contribution in [-0.2, 0) is 6.42 Å². The van der Waals surface area contributed by atoms with Crippen LogP contribution in [0.25, 0.3) is 11.0 Å². The molecule has 0 fully saturated rings. The maximum atomic E-state index is 14.1. The van der Waals surface area contributed by atoms with Crippen LogP contribution < -0.4 is 14.9 Å². The second-order valence-corrected chi connectivity index (χ2v) is 9.77. The Morgan fingerprint density at radius 3 is 2.54 bits per heavy atom. The minimum atomic E-state index is -0.715. The fourth-order valence-corrected chi connectivity index (χ4v) is 5.15. The summed E-state index contributed by atoms with van der Waals surface area (Å²) in [5, 5.41) is 0.107. The molecular weight excluding hydrogens is 497 g/mol. The summed E-state index contributed by atoms with van der Waals surface area (Å²) in [7, 11) is 1.56. The Morgan fingerprint density at radius 1 is 0.949 bits per heavy atom. The molecule has 1 amide bonds. The molecule has 0 saturated carbocycles. The summed E-state index contributed by atoms with van der Waals surface area (Å²) in [5.41, 5.74) is 1.73. The van der Waals surface area contributed by atoms with Gasteiger partial charge in [-0.2, -0.15) is 0 Å². The van der Waals surface area contributed by atoms with Crippen LogP contribution in [0, 0.1) is 5.82 Å². The highest BCUT2D eigenvalue weighted by Gasteiger charge is 2.42. The van der Waals surface area contributed by atoms with Crippen LogP contribution in [0.5, 0.6) is 11.5 Å². The lowest BCUT2D eigenvalue weighted by Gasteiger charge is -2.26. The van der Waals surface area contributed by atoms with Crippen LogP contribution in [0.1, 0.15) is 65.9 Å². The van der Waals surface area contributed by atoms with Gasteiger partial charge in [0.15, 0.2) is 16.9 Å². The SMILES string of the molecule is CCCCCCOc1ccc(C2c3c(oc4ccc(F)cc4c3=O)C(=O)N2CCc2ccccc2)cc1OC. The number of hydrogen-bond acceptors (Lipinski definition) is 5. The Bertz CT molecular complexity index is 1530. The average Bonchev–Trinajstić information content (AvgIpc) is 3.24. The van der Waals surface area contributed by atoms with E-state index in [1.807, 2.05) is 42.5 Å². The molecule has 4 aromatic rings. The number of halogens is 1. The molecule has 0 N–H and O–H groups in total. The van der Waals surface area contributed by atoms with Crippen molar-refractivity contribution in [2.75, 3.05) is 20.3 Å². The quantitative estimate of drug-likeness (QED) is 0.203. The lowest BCUT2D eigenvalue weighted by molar-refractivity contribution is 0.0730. The van der Waals surface area contributed by atoms with Crippen molar-refractivity contribution in [1.29, 1.82) is 0 Å². The summed E-state index contributed by atoms with van der Waals surface area (Å²) < 4.78 is 31.6. The van der Waals surface area contributed by atoms with Crippen molar-refractivity contribution in [3.05, 3.63) is 105 Å².